The zero-order chi connectivity index (χ0) is 7.44. The van der Waals surface area contributed by atoms with Crippen LogP contribution in [0.2, 0.25) is 0 Å². The molecule has 52 valence electrons. The molecule has 3 amide bonds. The molecule has 0 aliphatic carbocycles. The van der Waals surface area contributed by atoms with E-state index in [9.17, 15) is 9.59 Å². The van der Waals surface area contributed by atoms with Crippen LogP contribution in [0.3, 0.4) is 0 Å². The molecule has 0 fully saturated rings. The van der Waals surface area contributed by atoms with Gasteiger partial charge in [-0.1, -0.05) is 0 Å². The highest BCUT2D eigenvalue weighted by Crippen LogP contribution is 1.84. The highest BCUT2D eigenvalue weighted by Gasteiger charge is 2.09. The Morgan fingerprint density at radius 2 is 1.89 bits per heavy atom. The van der Waals surface area contributed by atoms with Gasteiger partial charge in [-0.25, -0.2) is 4.79 Å². The molecule has 0 heterocycles. The maximum Gasteiger partial charge on any atom is 0.313 e. The number of nitrogens with one attached hydrogen (secondary N) is 1. The standard InChI is InChI=1S/C3H7N3O2S/c4-1(7)2(9)6-3(5)8/h2,9H,(H2,4,7)(H3,5,6,8). The smallest absolute Gasteiger partial charge is 0.313 e. The van der Waals surface area contributed by atoms with Gasteiger partial charge in [-0.15, -0.1) is 12.6 Å². The number of nitrogens with two attached hydrogens (primary N) is 2. The lowest BCUT2D eigenvalue weighted by atomic mass is 10.6. The van der Waals surface area contributed by atoms with Crippen LogP contribution >= 0.6 is 12.6 Å². The Balaban J connectivity index is 3.63. The third-order valence-corrected chi connectivity index (χ3v) is 0.932. The average Bonchev–Trinajstić information content (AvgIpc) is 1.63. The number of hydrogen-bond donors (Lipinski definition) is 4. The second-order valence-electron chi connectivity index (χ2n) is 1.31. The molecule has 0 aromatic heterocycles. The average molecular weight is 149 g/mol. The van der Waals surface area contributed by atoms with Gasteiger partial charge in [0, 0.05) is 0 Å². The van der Waals surface area contributed by atoms with Crippen molar-refractivity contribution in [3.8, 4) is 0 Å². The van der Waals surface area contributed by atoms with Gasteiger partial charge < -0.3 is 16.8 Å². The number of thiol groups is 1. The van der Waals surface area contributed by atoms with Crippen molar-refractivity contribution < 1.29 is 9.59 Å². The second kappa shape index (κ2) is 3.18. The first-order valence-electron chi connectivity index (χ1n) is 2.07. The summed E-state index contributed by atoms with van der Waals surface area (Å²) in [6.07, 6.45) is 0. The van der Waals surface area contributed by atoms with Crippen molar-refractivity contribution in [3.63, 3.8) is 0 Å². The van der Waals surface area contributed by atoms with Crippen LogP contribution in [0.4, 0.5) is 4.79 Å². The molecule has 0 saturated heterocycles. The van der Waals surface area contributed by atoms with Crippen LogP contribution in [0.5, 0.6) is 0 Å². The summed E-state index contributed by atoms with van der Waals surface area (Å²) in [4.78, 5) is 20.1. The van der Waals surface area contributed by atoms with Crippen LogP contribution < -0.4 is 16.8 Å². The predicted octanol–water partition coefficient (Wildman–Crippen LogP) is -1.60. The SMILES string of the molecule is NC(=O)NC(S)C(N)=O. The van der Waals surface area contributed by atoms with Crippen LogP contribution in [0, 0.1) is 0 Å². The molecule has 0 saturated carbocycles. The molecule has 0 aromatic carbocycles. The van der Waals surface area contributed by atoms with Gasteiger partial charge >= 0.3 is 6.03 Å². The van der Waals surface area contributed by atoms with Gasteiger partial charge in [0.1, 0.15) is 0 Å². The molecule has 5 N–H and O–H groups in total. The Hall–Kier alpha value is -0.910. The summed E-state index contributed by atoms with van der Waals surface area (Å²) in [6.45, 7) is 0. The highest BCUT2D eigenvalue weighted by molar-refractivity contribution is 7.81. The molecule has 5 nitrogen and oxygen atoms in total. The topological polar surface area (TPSA) is 98.2 Å². The minimum absolute atomic E-state index is 0.739. The fourth-order valence-electron chi connectivity index (χ4n) is 0.206. The Bertz CT molecular complexity index is 137. The summed E-state index contributed by atoms with van der Waals surface area (Å²) in [5.41, 5.74) is 9.32. The van der Waals surface area contributed by atoms with Gasteiger partial charge in [-0.2, -0.15) is 0 Å². The van der Waals surface area contributed by atoms with Gasteiger partial charge in [-0.05, 0) is 0 Å². The molecular formula is C3H7N3O2S. The Morgan fingerprint density at radius 3 is 2.00 bits per heavy atom. The van der Waals surface area contributed by atoms with Gasteiger partial charge in [-0.3, -0.25) is 4.79 Å². The predicted molar refractivity (Wildman–Crippen MR) is 34.7 cm³/mol. The van der Waals surface area contributed by atoms with Crippen molar-refractivity contribution in [3.05, 3.63) is 0 Å². The van der Waals surface area contributed by atoms with Crippen molar-refractivity contribution >= 4 is 24.6 Å². The zero-order valence-electron chi connectivity index (χ0n) is 4.50. The van der Waals surface area contributed by atoms with E-state index in [1.54, 1.807) is 0 Å². The minimum Gasteiger partial charge on any atom is -0.367 e. The molecule has 9 heavy (non-hydrogen) atoms. The Morgan fingerprint density at radius 1 is 1.44 bits per heavy atom. The highest BCUT2D eigenvalue weighted by atomic mass is 32.1. The molecule has 0 aliphatic rings. The fraction of sp³-hybridized carbons (Fsp3) is 0.333. The van der Waals surface area contributed by atoms with E-state index in [0.717, 1.165) is 0 Å². The summed E-state index contributed by atoms with van der Waals surface area (Å²) in [6, 6.07) is -0.825. The third-order valence-electron chi connectivity index (χ3n) is 0.548. The number of rotatable bonds is 2. The molecule has 0 aliphatic heterocycles. The van der Waals surface area contributed by atoms with E-state index in [1.165, 1.54) is 0 Å². The maximum atomic E-state index is 10.1. The third kappa shape index (κ3) is 3.65. The number of primary amides is 2. The van der Waals surface area contributed by atoms with Crippen LogP contribution in [0.25, 0.3) is 0 Å². The second-order valence-corrected chi connectivity index (χ2v) is 1.83. The molecule has 0 spiro atoms. The number of carbonyl (C=O) groups excluding carboxylic acids is 2. The number of carbonyl (C=O) groups is 2. The summed E-state index contributed by atoms with van der Waals surface area (Å²) in [5, 5.41) is 0.973. The molecule has 1 unspecified atom stereocenters. The molecule has 0 aromatic rings. The molecule has 0 rings (SSSR count). The van der Waals surface area contributed by atoms with Crippen molar-refractivity contribution in [2.45, 2.75) is 5.37 Å². The van der Waals surface area contributed by atoms with Crippen molar-refractivity contribution in [2.24, 2.45) is 11.5 Å². The molecule has 6 heteroatoms. The van der Waals surface area contributed by atoms with E-state index in [-0.39, 0.29) is 0 Å². The summed E-state index contributed by atoms with van der Waals surface area (Å²) < 4.78 is 0. The molecular weight excluding hydrogens is 142 g/mol. The Kier molecular flexibility index (Phi) is 2.86. The lowest BCUT2D eigenvalue weighted by Crippen LogP contribution is -2.43. The monoisotopic (exact) mass is 149 g/mol. The van der Waals surface area contributed by atoms with Crippen LogP contribution in [0.15, 0.2) is 0 Å². The van der Waals surface area contributed by atoms with Gasteiger partial charge in [0.05, 0.1) is 0 Å². The van der Waals surface area contributed by atoms with Crippen molar-refractivity contribution in [1.82, 2.24) is 5.32 Å². The molecule has 1 atom stereocenters. The Labute approximate surface area is 57.2 Å². The summed E-state index contributed by atoms with van der Waals surface area (Å²) >= 11 is 3.58. The van der Waals surface area contributed by atoms with Crippen LogP contribution in [0.1, 0.15) is 0 Å². The van der Waals surface area contributed by atoms with E-state index in [4.69, 9.17) is 5.73 Å². The van der Waals surface area contributed by atoms with Gasteiger partial charge in [0.25, 0.3) is 0 Å². The minimum atomic E-state index is -0.998. The molecule has 0 radical (unpaired) electrons. The van der Waals surface area contributed by atoms with Gasteiger partial charge in [0.2, 0.25) is 5.91 Å². The number of amides is 3. The van der Waals surface area contributed by atoms with E-state index in [1.807, 2.05) is 5.32 Å². The first-order valence-corrected chi connectivity index (χ1v) is 2.59. The first-order chi connectivity index (χ1) is 4.04. The van der Waals surface area contributed by atoms with Crippen molar-refractivity contribution in [2.75, 3.05) is 0 Å². The maximum absolute atomic E-state index is 10.1. The molecule has 0 bridgehead atoms. The first kappa shape index (κ1) is 8.09. The normalized spacial score (nSPS) is 12.1. The summed E-state index contributed by atoms with van der Waals surface area (Å²) in [7, 11) is 0. The van der Waals surface area contributed by atoms with E-state index in [2.05, 4.69) is 18.4 Å². The fourth-order valence-corrected chi connectivity index (χ4v) is 0.333. The van der Waals surface area contributed by atoms with Crippen LogP contribution in [-0.4, -0.2) is 17.3 Å². The van der Waals surface area contributed by atoms with E-state index in [0.29, 0.717) is 0 Å². The summed E-state index contributed by atoms with van der Waals surface area (Å²) in [5.74, 6) is -0.739. The van der Waals surface area contributed by atoms with E-state index < -0.39 is 17.3 Å². The number of urea groups is 1. The van der Waals surface area contributed by atoms with Crippen molar-refractivity contribution in [1.29, 1.82) is 0 Å². The van der Waals surface area contributed by atoms with E-state index >= 15 is 0 Å². The largest absolute Gasteiger partial charge is 0.367 e. The van der Waals surface area contributed by atoms with Crippen LogP contribution in [-0.2, 0) is 4.79 Å². The lowest BCUT2D eigenvalue weighted by Gasteiger charge is -2.04. The quantitative estimate of drug-likeness (QED) is 0.281. The number of hydrogen-bond acceptors (Lipinski definition) is 3. The van der Waals surface area contributed by atoms with Gasteiger partial charge in [0.15, 0.2) is 5.37 Å². The zero-order valence-corrected chi connectivity index (χ0v) is 5.39. The lowest BCUT2D eigenvalue weighted by molar-refractivity contribution is -0.117.